The van der Waals surface area contributed by atoms with E-state index in [1.807, 2.05) is 18.0 Å². The molecule has 20 heavy (non-hydrogen) atoms. The fraction of sp³-hybridized carbons (Fsp3) is 0.357. The number of hydrogen-bond donors (Lipinski definition) is 0. The Balaban J connectivity index is 1.65. The first-order chi connectivity index (χ1) is 9.63. The van der Waals surface area contributed by atoms with E-state index in [9.17, 15) is 0 Å². The van der Waals surface area contributed by atoms with E-state index < -0.39 is 0 Å². The van der Waals surface area contributed by atoms with Gasteiger partial charge in [0.15, 0.2) is 0 Å². The van der Waals surface area contributed by atoms with Gasteiger partial charge in [0, 0.05) is 13.6 Å². The molecule has 0 unspecified atom stereocenters. The number of aromatic nitrogens is 3. The number of halogens is 2. The predicted octanol–water partition coefficient (Wildman–Crippen LogP) is 3.42. The maximum absolute atomic E-state index is 5.80. The molecule has 1 aliphatic rings. The van der Waals surface area contributed by atoms with Crippen LogP contribution in [0.15, 0.2) is 30.3 Å². The molecule has 0 bridgehead atoms. The van der Waals surface area contributed by atoms with Gasteiger partial charge in [0.25, 0.3) is 0 Å². The van der Waals surface area contributed by atoms with Gasteiger partial charge in [0.1, 0.15) is 0 Å². The van der Waals surface area contributed by atoms with Crippen molar-refractivity contribution in [3.8, 4) is 0 Å². The summed E-state index contributed by atoms with van der Waals surface area (Å²) in [6.07, 6.45) is 1.20. The van der Waals surface area contributed by atoms with E-state index in [1.165, 1.54) is 12.0 Å². The Bertz CT molecular complexity index is 585. The van der Waals surface area contributed by atoms with Gasteiger partial charge in [-0.3, -0.25) is 0 Å². The van der Waals surface area contributed by atoms with Crippen LogP contribution in [-0.4, -0.2) is 28.5 Å². The second-order valence-corrected chi connectivity index (χ2v) is 5.74. The smallest absolute Gasteiger partial charge is 0.230 e. The molecule has 4 nitrogen and oxygen atoms in total. The van der Waals surface area contributed by atoms with Gasteiger partial charge in [-0.15, -0.1) is 0 Å². The first kappa shape index (κ1) is 13.6. The number of nitrogens with zero attached hydrogens (tertiary/aromatic N) is 4. The van der Waals surface area contributed by atoms with Crippen LogP contribution in [0.25, 0.3) is 0 Å². The molecule has 3 rings (SSSR count). The summed E-state index contributed by atoms with van der Waals surface area (Å²) in [6.45, 7) is 0.885. The van der Waals surface area contributed by atoms with E-state index in [2.05, 4.69) is 39.2 Å². The summed E-state index contributed by atoms with van der Waals surface area (Å²) in [6, 6.07) is 10.6. The molecule has 0 spiro atoms. The van der Waals surface area contributed by atoms with Gasteiger partial charge in [-0.25, -0.2) is 0 Å². The average Bonchev–Trinajstić information content (AvgIpc) is 3.18. The van der Waals surface area contributed by atoms with Crippen LogP contribution in [0.3, 0.4) is 0 Å². The first-order valence-electron chi connectivity index (χ1n) is 6.46. The Morgan fingerprint density at radius 2 is 1.75 bits per heavy atom. The van der Waals surface area contributed by atoms with Crippen molar-refractivity contribution in [2.45, 2.75) is 12.3 Å². The Morgan fingerprint density at radius 3 is 2.40 bits per heavy atom. The fourth-order valence-corrected chi connectivity index (χ4v) is 2.83. The summed E-state index contributed by atoms with van der Waals surface area (Å²) in [4.78, 5) is 13.9. The molecule has 1 saturated carbocycles. The van der Waals surface area contributed by atoms with E-state index in [0.717, 1.165) is 6.54 Å². The zero-order valence-electron chi connectivity index (χ0n) is 11.0. The van der Waals surface area contributed by atoms with E-state index in [-0.39, 0.29) is 10.6 Å². The third-order valence-electron chi connectivity index (χ3n) is 3.57. The molecule has 0 amide bonds. The highest BCUT2D eigenvalue weighted by Crippen LogP contribution is 2.47. The first-order valence-corrected chi connectivity index (χ1v) is 7.22. The third-order valence-corrected chi connectivity index (χ3v) is 3.91. The summed E-state index contributed by atoms with van der Waals surface area (Å²) in [5, 5.41) is 0.254. The van der Waals surface area contributed by atoms with Crippen molar-refractivity contribution in [3.05, 3.63) is 46.5 Å². The molecule has 0 N–H and O–H groups in total. The summed E-state index contributed by atoms with van der Waals surface area (Å²) in [5.41, 5.74) is 1.40. The van der Waals surface area contributed by atoms with Gasteiger partial charge >= 0.3 is 0 Å². The van der Waals surface area contributed by atoms with E-state index in [0.29, 0.717) is 17.8 Å². The van der Waals surface area contributed by atoms with Crippen molar-refractivity contribution in [3.63, 3.8) is 0 Å². The van der Waals surface area contributed by atoms with Crippen LogP contribution >= 0.6 is 23.2 Å². The normalized spacial score (nSPS) is 20.8. The standard InChI is InChI=1S/C14H14Cl2N4/c1-20(14-18-12(15)17-13(16)19-14)8-10-7-11(10)9-5-3-2-4-6-9/h2-6,10-11H,7-8H2,1H3/t10-,11+/m0/s1. The molecule has 1 aromatic heterocycles. The monoisotopic (exact) mass is 308 g/mol. The maximum Gasteiger partial charge on any atom is 0.230 e. The van der Waals surface area contributed by atoms with E-state index in [1.54, 1.807) is 0 Å². The molecule has 2 atom stereocenters. The van der Waals surface area contributed by atoms with Crippen molar-refractivity contribution in [1.29, 1.82) is 0 Å². The van der Waals surface area contributed by atoms with Gasteiger partial charge in [0.2, 0.25) is 16.5 Å². The number of hydrogen-bond acceptors (Lipinski definition) is 4. The lowest BCUT2D eigenvalue weighted by atomic mass is 10.1. The summed E-state index contributed by atoms with van der Waals surface area (Å²) in [5.74, 6) is 1.77. The Kier molecular flexibility index (Phi) is 3.76. The zero-order chi connectivity index (χ0) is 14.1. The highest BCUT2D eigenvalue weighted by atomic mass is 35.5. The fourth-order valence-electron chi connectivity index (χ4n) is 2.48. The largest absolute Gasteiger partial charge is 0.343 e. The van der Waals surface area contributed by atoms with E-state index >= 15 is 0 Å². The Morgan fingerprint density at radius 1 is 1.10 bits per heavy atom. The summed E-state index contributed by atoms with van der Waals surface area (Å²) in [7, 11) is 1.95. The lowest BCUT2D eigenvalue weighted by Gasteiger charge is -2.16. The molecule has 2 aromatic rings. The van der Waals surface area contributed by atoms with Gasteiger partial charge in [-0.2, -0.15) is 15.0 Å². The molecule has 0 radical (unpaired) electrons. The second-order valence-electron chi connectivity index (χ2n) is 5.07. The lowest BCUT2D eigenvalue weighted by molar-refractivity contribution is 0.739. The number of benzene rings is 1. The van der Waals surface area contributed by atoms with Crippen molar-refractivity contribution >= 4 is 29.2 Å². The van der Waals surface area contributed by atoms with Gasteiger partial charge in [-0.05, 0) is 47.0 Å². The molecule has 104 valence electrons. The van der Waals surface area contributed by atoms with Crippen molar-refractivity contribution in [1.82, 2.24) is 15.0 Å². The molecule has 0 aliphatic heterocycles. The van der Waals surface area contributed by atoms with Crippen LogP contribution in [0.5, 0.6) is 0 Å². The molecule has 0 saturated heterocycles. The minimum Gasteiger partial charge on any atom is -0.343 e. The molecule has 1 aliphatic carbocycles. The van der Waals surface area contributed by atoms with Crippen molar-refractivity contribution in [2.24, 2.45) is 5.92 Å². The highest BCUT2D eigenvalue weighted by molar-refractivity contribution is 6.31. The van der Waals surface area contributed by atoms with Crippen molar-refractivity contribution in [2.75, 3.05) is 18.5 Å². The van der Waals surface area contributed by atoms with Crippen LogP contribution in [-0.2, 0) is 0 Å². The van der Waals surface area contributed by atoms with Crippen LogP contribution in [0.2, 0.25) is 10.6 Å². The minimum atomic E-state index is 0.127. The second kappa shape index (κ2) is 5.54. The lowest BCUT2D eigenvalue weighted by Crippen LogP contribution is -2.23. The van der Waals surface area contributed by atoms with Crippen LogP contribution < -0.4 is 4.90 Å². The molecule has 1 fully saturated rings. The topological polar surface area (TPSA) is 41.9 Å². The third kappa shape index (κ3) is 3.02. The van der Waals surface area contributed by atoms with Gasteiger partial charge in [-0.1, -0.05) is 30.3 Å². The quantitative estimate of drug-likeness (QED) is 0.868. The molecule has 1 heterocycles. The maximum atomic E-state index is 5.80. The van der Waals surface area contributed by atoms with Crippen molar-refractivity contribution < 1.29 is 0 Å². The predicted molar refractivity (Wildman–Crippen MR) is 80.4 cm³/mol. The SMILES string of the molecule is CN(C[C@@H]1C[C@@H]1c1ccccc1)c1nc(Cl)nc(Cl)n1. The average molecular weight is 309 g/mol. The number of rotatable bonds is 4. The van der Waals surface area contributed by atoms with E-state index in [4.69, 9.17) is 23.2 Å². The summed E-state index contributed by atoms with van der Waals surface area (Å²) >= 11 is 11.6. The summed E-state index contributed by atoms with van der Waals surface area (Å²) < 4.78 is 0. The zero-order valence-corrected chi connectivity index (χ0v) is 12.5. The van der Waals surface area contributed by atoms with Crippen LogP contribution in [0.4, 0.5) is 5.95 Å². The highest BCUT2D eigenvalue weighted by Gasteiger charge is 2.39. The Hall–Kier alpha value is -1.39. The van der Waals surface area contributed by atoms with Crippen LogP contribution in [0.1, 0.15) is 17.9 Å². The molecule has 1 aromatic carbocycles. The number of anilines is 1. The molecular formula is C14H14Cl2N4. The van der Waals surface area contributed by atoms with Gasteiger partial charge < -0.3 is 4.90 Å². The minimum absolute atomic E-state index is 0.127. The van der Waals surface area contributed by atoms with Crippen LogP contribution in [0, 0.1) is 5.92 Å². The van der Waals surface area contributed by atoms with Gasteiger partial charge in [0.05, 0.1) is 0 Å². The molecular weight excluding hydrogens is 295 g/mol. The Labute approximate surface area is 127 Å². The molecule has 6 heteroatoms.